The molecule has 1 aromatic carbocycles. The van der Waals surface area contributed by atoms with Crippen LogP contribution >= 0.6 is 0 Å². The molecule has 2 aliphatic carbocycles. The lowest BCUT2D eigenvalue weighted by Gasteiger charge is -2.32. The highest BCUT2D eigenvalue weighted by atomic mass is 16.2. The molecule has 2 amide bonds. The molecule has 0 unspecified atom stereocenters. The van der Waals surface area contributed by atoms with Crippen LogP contribution in [0.4, 0.5) is 0 Å². The minimum absolute atomic E-state index is 0.148. The number of fused-ring (bicyclic) bond motifs is 1. The zero-order chi connectivity index (χ0) is 16.5. The van der Waals surface area contributed by atoms with Gasteiger partial charge >= 0.3 is 0 Å². The van der Waals surface area contributed by atoms with Crippen molar-refractivity contribution in [3.05, 3.63) is 34.9 Å². The number of piperidine rings is 1. The largest absolute Gasteiger partial charge is 0.353 e. The van der Waals surface area contributed by atoms with Gasteiger partial charge in [-0.2, -0.15) is 0 Å². The smallest absolute Gasteiger partial charge is 0.253 e. The maximum Gasteiger partial charge on any atom is 0.253 e. The van der Waals surface area contributed by atoms with Crippen LogP contribution in [0, 0.1) is 5.92 Å². The van der Waals surface area contributed by atoms with Gasteiger partial charge in [0.25, 0.3) is 5.91 Å². The lowest BCUT2D eigenvalue weighted by molar-refractivity contribution is -0.123. The normalized spacial score (nSPS) is 21.2. The number of carbonyl (C=O) groups is 2. The number of amides is 2. The van der Waals surface area contributed by atoms with Crippen LogP contribution < -0.4 is 5.32 Å². The van der Waals surface area contributed by atoms with Crippen molar-refractivity contribution in [2.75, 3.05) is 13.1 Å². The van der Waals surface area contributed by atoms with E-state index in [9.17, 15) is 9.59 Å². The number of carbonyl (C=O) groups excluding carboxylic acids is 2. The SMILES string of the molecule is O=C(NC1CCN(C(=O)c2ccc3c(c2)CCCC3)CC1)C1CC1. The van der Waals surface area contributed by atoms with Crippen LogP contribution in [0.15, 0.2) is 18.2 Å². The highest BCUT2D eigenvalue weighted by Crippen LogP contribution is 2.29. The molecule has 1 saturated heterocycles. The van der Waals surface area contributed by atoms with Crippen molar-refractivity contribution >= 4 is 11.8 Å². The molecule has 24 heavy (non-hydrogen) atoms. The summed E-state index contributed by atoms with van der Waals surface area (Å²) in [4.78, 5) is 26.6. The Hall–Kier alpha value is -1.84. The van der Waals surface area contributed by atoms with Gasteiger partial charge in [0.1, 0.15) is 0 Å². The van der Waals surface area contributed by atoms with E-state index in [2.05, 4.69) is 17.4 Å². The number of nitrogens with zero attached hydrogens (tertiary/aromatic N) is 1. The van der Waals surface area contributed by atoms with Crippen molar-refractivity contribution in [1.82, 2.24) is 10.2 Å². The summed E-state index contributed by atoms with van der Waals surface area (Å²) in [5.41, 5.74) is 3.61. The second-order valence-electron chi connectivity index (χ2n) is 7.54. The van der Waals surface area contributed by atoms with Gasteiger partial charge in [0, 0.05) is 30.6 Å². The standard InChI is InChI=1S/C20H26N2O2/c23-19(15-6-7-15)21-18-9-11-22(12-10-18)20(24)17-8-5-14-3-1-2-4-16(14)13-17/h5,8,13,15,18H,1-4,6-7,9-12H2,(H,21,23). The summed E-state index contributed by atoms with van der Waals surface area (Å²) < 4.78 is 0. The molecule has 2 fully saturated rings. The number of benzene rings is 1. The number of rotatable bonds is 3. The van der Waals surface area contributed by atoms with Gasteiger partial charge in [0.05, 0.1) is 0 Å². The van der Waals surface area contributed by atoms with Gasteiger partial charge in [0.15, 0.2) is 0 Å². The average Bonchev–Trinajstić information content (AvgIpc) is 3.46. The van der Waals surface area contributed by atoms with Crippen LogP contribution in [0.5, 0.6) is 0 Å². The third-order valence-corrected chi connectivity index (χ3v) is 5.67. The monoisotopic (exact) mass is 326 g/mol. The fraction of sp³-hybridized carbons (Fsp3) is 0.600. The first-order valence-electron chi connectivity index (χ1n) is 9.42. The lowest BCUT2D eigenvalue weighted by Crippen LogP contribution is -2.46. The fourth-order valence-electron chi connectivity index (χ4n) is 3.94. The van der Waals surface area contributed by atoms with E-state index in [1.165, 1.54) is 24.0 Å². The van der Waals surface area contributed by atoms with Gasteiger partial charge in [0.2, 0.25) is 5.91 Å². The predicted octanol–water partition coefficient (Wildman–Crippen LogP) is 2.70. The summed E-state index contributed by atoms with van der Waals surface area (Å²) in [7, 11) is 0. The molecule has 4 nitrogen and oxygen atoms in total. The van der Waals surface area contributed by atoms with Crippen molar-refractivity contribution in [3.63, 3.8) is 0 Å². The molecule has 0 spiro atoms. The van der Waals surface area contributed by atoms with Gasteiger partial charge in [-0.3, -0.25) is 9.59 Å². The first-order chi connectivity index (χ1) is 11.7. The Kier molecular flexibility index (Phi) is 4.30. The number of nitrogens with one attached hydrogen (secondary N) is 1. The Morgan fingerprint density at radius 3 is 2.38 bits per heavy atom. The molecule has 128 valence electrons. The minimum atomic E-state index is 0.148. The molecule has 0 bridgehead atoms. The van der Waals surface area contributed by atoms with Gasteiger partial charge in [-0.05, 0) is 74.6 Å². The molecule has 1 heterocycles. The maximum absolute atomic E-state index is 12.8. The van der Waals surface area contributed by atoms with E-state index in [1.807, 2.05) is 11.0 Å². The molecule has 3 aliphatic rings. The molecule has 0 aromatic heterocycles. The molecule has 1 aromatic rings. The van der Waals surface area contributed by atoms with E-state index in [0.717, 1.165) is 57.2 Å². The molecule has 0 radical (unpaired) electrons. The first-order valence-corrected chi connectivity index (χ1v) is 9.42. The van der Waals surface area contributed by atoms with Gasteiger partial charge in [-0.1, -0.05) is 6.07 Å². The van der Waals surface area contributed by atoms with Crippen LogP contribution in [0.25, 0.3) is 0 Å². The van der Waals surface area contributed by atoms with Crippen LogP contribution in [0.2, 0.25) is 0 Å². The van der Waals surface area contributed by atoms with Crippen molar-refractivity contribution in [3.8, 4) is 0 Å². The first kappa shape index (κ1) is 15.7. The molecular weight excluding hydrogens is 300 g/mol. The summed E-state index contributed by atoms with van der Waals surface area (Å²) in [5.74, 6) is 0.630. The Balaban J connectivity index is 1.35. The molecule has 1 N–H and O–H groups in total. The van der Waals surface area contributed by atoms with Gasteiger partial charge < -0.3 is 10.2 Å². The Bertz CT molecular complexity index is 643. The summed E-state index contributed by atoms with van der Waals surface area (Å²) in [6, 6.07) is 6.49. The van der Waals surface area contributed by atoms with Crippen molar-refractivity contribution in [2.45, 2.75) is 57.4 Å². The second-order valence-corrected chi connectivity index (χ2v) is 7.54. The van der Waals surface area contributed by atoms with E-state index >= 15 is 0 Å². The summed E-state index contributed by atoms with van der Waals surface area (Å²) in [6.45, 7) is 1.48. The van der Waals surface area contributed by atoms with E-state index < -0.39 is 0 Å². The number of likely N-dealkylation sites (tertiary alicyclic amines) is 1. The van der Waals surface area contributed by atoms with Gasteiger partial charge in [-0.15, -0.1) is 0 Å². The van der Waals surface area contributed by atoms with Gasteiger partial charge in [-0.25, -0.2) is 0 Å². The molecule has 1 aliphatic heterocycles. The topological polar surface area (TPSA) is 49.4 Å². The summed E-state index contributed by atoms with van der Waals surface area (Å²) >= 11 is 0. The highest BCUT2D eigenvalue weighted by Gasteiger charge is 2.32. The Morgan fingerprint density at radius 1 is 0.958 bits per heavy atom. The molecule has 4 heteroatoms. The number of aryl methyl sites for hydroxylation is 2. The number of hydrogen-bond donors (Lipinski definition) is 1. The zero-order valence-electron chi connectivity index (χ0n) is 14.2. The third kappa shape index (κ3) is 3.33. The third-order valence-electron chi connectivity index (χ3n) is 5.67. The van der Waals surface area contributed by atoms with Crippen molar-refractivity contribution < 1.29 is 9.59 Å². The van der Waals surface area contributed by atoms with Crippen LogP contribution in [-0.2, 0) is 17.6 Å². The molecule has 4 rings (SSSR count). The number of hydrogen-bond acceptors (Lipinski definition) is 2. The Labute approximate surface area is 143 Å². The zero-order valence-corrected chi connectivity index (χ0v) is 14.2. The van der Waals surface area contributed by atoms with E-state index in [4.69, 9.17) is 0 Å². The van der Waals surface area contributed by atoms with E-state index in [-0.39, 0.29) is 23.8 Å². The van der Waals surface area contributed by atoms with Crippen LogP contribution in [0.3, 0.4) is 0 Å². The van der Waals surface area contributed by atoms with Crippen molar-refractivity contribution in [2.24, 2.45) is 5.92 Å². The molecule has 0 atom stereocenters. The quantitative estimate of drug-likeness (QED) is 0.928. The Morgan fingerprint density at radius 2 is 1.67 bits per heavy atom. The van der Waals surface area contributed by atoms with E-state index in [0.29, 0.717) is 0 Å². The molecule has 1 saturated carbocycles. The highest BCUT2D eigenvalue weighted by molar-refractivity contribution is 5.94. The molecular formula is C20H26N2O2. The van der Waals surface area contributed by atoms with Crippen molar-refractivity contribution in [1.29, 1.82) is 0 Å². The van der Waals surface area contributed by atoms with E-state index in [1.54, 1.807) is 0 Å². The lowest BCUT2D eigenvalue weighted by atomic mass is 9.90. The summed E-state index contributed by atoms with van der Waals surface area (Å²) in [6.07, 6.45) is 8.58. The fourth-order valence-corrected chi connectivity index (χ4v) is 3.94. The average molecular weight is 326 g/mol. The maximum atomic E-state index is 12.8. The summed E-state index contributed by atoms with van der Waals surface area (Å²) in [5, 5.41) is 3.14. The second kappa shape index (κ2) is 6.58. The van der Waals surface area contributed by atoms with Crippen LogP contribution in [-0.4, -0.2) is 35.8 Å². The minimum Gasteiger partial charge on any atom is -0.353 e. The predicted molar refractivity (Wildman–Crippen MR) is 92.9 cm³/mol. The van der Waals surface area contributed by atoms with Crippen LogP contribution in [0.1, 0.15) is 60.0 Å².